The summed E-state index contributed by atoms with van der Waals surface area (Å²) < 4.78 is 13.1. The number of nitrogens with one attached hydrogen (secondary N) is 1. The summed E-state index contributed by atoms with van der Waals surface area (Å²) in [6.45, 7) is 1.59. The van der Waals surface area contributed by atoms with Crippen LogP contribution in [0.15, 0.2) is 18.2 Å². The van der Waals surface area contributed by atoms with Gasteiger partial charge in [-0.15, -0.1) is 0 Å². The maximum absolute atomic E-state index is 13.1. The van der Waals surface area contributed by atoms with E-state index in [1.54, 1.807) is 4.90 Å². The van der Waals surface area contributed by atoms with Gasteiger partial charge in [0, 0.05) is 13.1 Å². The van der Waals surface area contributed by atoms with Crippen LogP contribution in [0.25, 0.3) is 0 Å². The van der Waals surface area contributed by atoms with Crippen molar-refractivity contribution in [3.05, 3.63) is 24.0 Å². The van der Waals surface area contributed by atoms with Gasteiger partial charge in [-0.1, -0.05) is 0 Å². The van der Waals surface area contributed by atoms with Gasteiger partial charge in [0.2, 0.25) is 5.91 Å². The molecule has 1 fully saturated rings. The molecule has 0 aliphatic carbocycles. The van der Waals surface area contributed by atoms with E-state index in [-0.39, 0.29) is 18.3 Å². The van der Waals surface area contributed by atoms with Crippen LogP contribution in [0.5, 0.6) is 0 Å². The van der Waals surface area contributed by atoms with Crippen molar-refractivity contribution in [1.82, 2.24) is 5.32 Å². The number of amides is 1. The number of anilines is 2. The van der Waals surface area contributed by atoms with Gasteiger partial charge in [-0.2, -0.15) is 0 Å². The molecule has 0 spiro atoms. The van der Waals surface area contributed by atoms with Gasteiger partial charge in [0.1, 0.15) is 5.82 Å². The molecule has 1 amide bonds. The third-order valence-corrected chi connectivity index (χ3v) is 2.59. The maximum atomic E-state index is 13.1. The Morgan fingerprint density at radius 2 is 2.25 bits per heavy atom. The second kappa shape index (κ2) is 4.38. The molecule has 0 aromatic heterocycles. The summed E-state index contributed by atoms with van der Waals surface area (Å²) in [6, 6.07) is 4.21. The topological polar surface area (TPSA) is 58.4 Å². The number of hydrogen-bond acceptors (Lipinski definition) is 3. The molecule has 1 heterocycles. The minimum absolute atomic E-state index is 0.0545. The fourth-order valence-corrected chi connectivity index (χ4v) is 1.80. The monoisotopic (exact) mass is 223 g/mol. The van der Waals surface area contributed by atoms with Crippen molar-refractivity contribution in [1.29, 1.82) is 0 Å². The van der Waals surface area contributed by atoms with E-state index in [4.69, 9.17) is 5.73 Å². The van der Waals surface area contributed by atoms with Gasteiger partial charge in [-0.3, -0.25) is 4.79 Å². The highest BCUT2D eigenvalue weighted by Gasteiger charge is 2.17. The predicted octanol–water partition coefficient (Wildman–Crippen LogP) is 0.734. The Morgan fingerprint density at radius 3 is 3.06 bits per heavy atom. The summed E-state index contributed by atoms with van der Waals surface area (Å²) in [5.74, 6) is -0.394. The molecule has 1 saturated heterocycles. The van der Waals surface area contributed by atoms with E-state index in [9.17, 15) is 9.18 Å². The van der Waals surface area contributed by atoms with Crippen LogP contribution in [-0.2, 0) is 4.79 Å². The van der Waals surface area contributed by atoms with Gasteiger partial charge < -0.3 is 16.0 Å². The Morgan fingerprint density at radius 1 is 1.44 bits per heavy atom. The molecule has 1 aromatic carbocycles. The molecule has 0 atom stereocenters. The van der Waals surface area contributed by atoms with Crippen molar-refractivity contribution in [2.75, 3.05) is 30.3 Å². The Bertz CT molecular complexity index is 408. The normalized spacial score (nSPS) is 16.8. The van der Waals surface area contributed by atoms with Crippen molar-refractivity contribution in [3.63, 3.8) is 0 Å². The highest BCUT2D eigenvalue weighted by Crippen LogP contribution is 2.24. The average Bonchev–Trinajstić information content (AvgIpc) is 2.46. The summed E-state index contributed by atoms with van der Waals surface area (Å²) in [5.41, 5.74) is 6.87. The molecule has 2 rings (SSSR count). The molecule has 3 N–H and O–H groups in total. The summed E-state index contributed by atoms with van der Waals surface area (Å²) in [4.78, 5) is 13.2. The van der Waals surface area contributed by atoms with Gasteiger partial charge in [-0.25, -0.2) is 4.39 Å². The molecular weight excluding hydrogens is 209 g/mol. The number of carbonyl (C=O) groups excluding carboxylic acids is 1. The number of carbonyl (C=O) groups is 1. The van der Waals surface area contributed by atoms with Crippen LogP contribution in [0.3, 0.4) is 0 Å². The number of nitrogens with two attached hydrogens (primary N) is 1. The molecule has 0 saturated carbocycles. The van der Waals surface area contributed by atoms with Crippen molar-refractivity contribution < 1.29 is 9.18 Å². The third-order valence-electron chi connectivity index (χ3n) is 2.59. The largest absolute Gasteiger partial charge is 0.397 e. The zero-order chi connectivity index (χ0) is 11.5. The molecule has 1 aromatic rings. The number of halogens is 1. The molecule has 86 valence electrons. The standard InChI is InChI=1S/C11H14FN3O/c12-8-2-3-9(13)10(6-8)15-5-1-4-14-11(16)7-15/h2-3,6H,1,4-5,7,13H2,(H,14,16). The van der Waals surface area contributed by atoms with Gasteiger partial charge in [-0.05, 0) is 24.6 Å². The number of hydrogen-bond donors (Lipinski definition) is 2. The molecule has 0 unspecified atom stereocenters. The molecule has 16 heavy (non-hydrogen) atoms. The first kappa shape index (κ1) is 10.7. The zero-order valence-corrected chi connectivity index (χ0v) is 8.87. The second-order valence-electron chi connectivity index (χ2n) is 3.83. The summed E-state index contributed by atoms with van der Waals surface area (Å²) in [6.07, 6.45) is 0.835. The first-order valence-electron chi connectivity index (χ1n) is 5.23. The third kappa shape index (κ3) is 2.24. The summed E-state index contributed by atoms with van der Waals surface area (Å²) in [5, 5.41) is 2.76. The average molecular weight is 223 g/mol. The highest BCUT2D eigenvalue weighted by molar-refractivity contribution is 5.83. The Labute approximate surface area is 93.2 Å². The predicted molar refractivity (Wildman–Crippen MR) is 60.7 cm³/mol. The van der Waals surface area contributed by atoms with Gasteiger partial charge >= 0.3 is 0 Å². The number of benzene rings is 1. The van der Waals surface area contributed by atoms with Crippen LogP contribution >= 0.6 is 0 Å². The minimum Gasteiger partial charge on any atom is -0.397 e. The van der Waals surface area contributed by atoms with Crippen LogP contribution in [0.4, 0.5) is 15.8 Å². The lowest BCUT2D eigenvalue weighted by Crippen LogP contribution is -2.33. The second-order valence-corrected chi connectivity index (χ2v) is 3.83. The number of nitrogens with zero attached hydrogens (tertiary/aromatic N) is 1. The highest BCUT2D eigenvalue weighted by atomic mass is 19.1. The lowest BCUT2D eigenvalue weighted by atomic mass is 10.2. The minimum atomic E-state index is -0.339. The lowest BCUT2D eigenvalue weighted by molar-refractivity contribution is -0.119. The van der Waals surface area contributed by atoms with Gasteiger partial charge in [0.25, 0.3) is 0 Å². The van der Waals surface area contributed by atoms with Crippen LogP contribution in [-0.4, -0.2) is 25.5 Å². The van der Waals surface area contributed by atoms with Crippen LogP contribution < -0.4 is 16.0 Å². The molecule has 1 aliphatic heterocycles. The van der Waals surface area contributed by atoms with E-state index in [1.807, 2.05) is 0 Å². The van der Waals surface area contributed by atoms with Crippen molar-refractivity contribution in [3.8, 4) is 0 Å². The Kier molecular flexibility index (Phi) is 2.94. The first-order valence-corrected chi connectivity index (χ1v) is 5.23. The van der Waals surface area contributed by atoms with Gasteiger partial charge in [0.05, 0.1) is 17.9 Å². The lowest BCUT2D eigenvalue weighted by Gasteiger charge is -2.22. The summed E-state index contributed by atoms with van der Waals surface area (Å²) in [7, 11) is 0. The zero-order valence-electron chi connectivity index (χ0n) is 8.87. The summed E-state index contributed by atoms with van der Waals surface area (Å²) >= 11 is 0. The first-order chi connectivity index (χ1) is 7.66. The molecule has 0 radical (unpaired) electrons. The fourth-order valence-electron chi connectivity index (χ4n) is 1.80. The SMILES string of the molecule is Nc1ccc(F)cc1N1CCCNC(=O)C1. The van der Waals surface area contributed by atoms with E-state index in [0.717, 1.165) is 6.42 Å². The fraction of sp³-hybridized carbons (Fsp3) is 0.364. The molecule has 4 nitrogen and oxygen atoms in total. The molecule has 1 aliphatic rings. The quantitative estimate of drug-likeness (QED) is 0.690. The molecule has 5 heteroatoms. The smallest absolute Gasteiger partial charge is 0.239 e. The molecular formula is C11H14FN3O. The van der Waals surface area contributed by atoms with E-state index in [2.05, 4.69) is 5.32 Å². The molecule has 0 bridgehead atoms. The van der Waals surface area contributed by atoms with Gasteiger partial charge in [0.15, 0.2) is 0 Å². The van der Waals surface area contributed by atoms with E-state index < -0.39 is 0 Å². The van der Waals surface area contributed by atoms with Crippen LogP contribution in [0.2, 0.25) is 0 Å². The Balaban J connectivity index is 2.27. The van der Waals surface area contributed by atoms with Crippen molar-refractivity contribution in [2.24, 2.45) is 0 Å². The number of rotatable bonds is 1. The number of nitrogen functional groups attached to an aromatic ring is 1. The van der Waals surface area contributed by atoms with Crippen molar-refractivity contribution in [2.45, 2.75) is 6.42 Å². The van der Waals surface area contributed by atoms with E-state index in [0.29, 0.717) is 24.5 Å². The van der Waals surface area contributed by atoms with E-state index in [1.165, 1.54) is 18.2 Å². The van der Waals surface area contributed by atoms with Crippen LogP contribution in [0.1, 0.15) is 6.42 Å². The van der Waals surface area contributed by atoms with E-state index >= 15 is 0 Å². The van der Waals surface area contributed by atoms with Crippen molar-refractivity contribution >= 4 is 17.3 Å². The Hall–Kier alpha value is -1.78. The maximum Gasteiger partial charge on any atom is 0.239 e. The van der Waals surface area contributed by atoms with Crippen LogP contribution in [0, 0.1) is 5.82 Å².